The molecule has 0 aliphatic heterocycles. The first-order valence-electron chi connectivity index (χ1n) is 7.26. The van der Waals surface area contributed by atoms with Gasteiger partial charge < -0.3 is 5.32 Å². The topological polar surface area (TPSA) is 91.6 Å². The molecule has 0 bridgehead atoms. The summed E-state index contributed by atoms with van der Waals surface area (Å²) in [5.74, 6) is -0.226. The Labute approximate surface area is 142 Å². The quantitative estimate of drug-likeness (QED) is 0.773. The minimum absolute atomic E-state index is 0.225. The van der Waals surface area contributed by atoms with Crippen molar-refractivity contribution in [1.82, 2.24) is 20.3 Å². The molecular weight excluding hydrogens is 322 g/mol. The lowest BCUT2D eigenvalue weighted by atomic mass is 10.2. The van der Waals surface area contributed by atoms with Crippen molar-refractivity contribution in [3.63, 3.8) is 0 Å². The molecule has 3 rings (SSSR count). The summed E-state index contributed by atoms with van der Waals surface area (Å²) in [4.78, 5) is 24.7. The van der Waals surface area contributed by atoms with Gasteiger partial charge in [0.1, 0.15) is 11.8 Å². The molecule has 0 radical (unpaired) electrons. The van der Waals surface area contributed by atoms with E-state index in [-0.39, 0.29) is 11.6 Å². The number of hydrogen-bond acceptors (Lipinski definition) is 6. The largest absolute Gasteiger partial charge is 0.352 e. The molecule has 0 aromatic carbocycles. The highest BCUT2D eigenvalue weighted by molar-refractivity contribution is 7.09. The summed E-state index contributed by atoms with van der Waals surface area (Å²) in [5.41, 5.74) is 2.33. The Balaban J connectivity index is 1.56. The molecule has 0 atom stereocenters. The lowest BCUT2D eigenvalue weighted by Gasteiger charge is -2.03. The van der Waals surface area contributed by atoms with E-state index < -0.39 is 0 Å². The van der Waals surface area contributed by atoms with Crippen LogP contribution in [-0.4, -0.2) is 27.4 Å². The molecule has 1 N–H and O–H groups in total. The Bertz CT molecular complexity index is 885. The number of aromatic nitrogens is 3. The van der Waals surface area contributed by atoms with E-state index in [1.165, 1.54) is 12.3 Å². The third-order valence-corrected chi connectivity index (χ3v) is 4.15. The van der Waals surface area contributed by atoms with Gasteiger partial charge in [-0.25, -0.2) is 9.97 Å². The van der Waals surface area contributed by atoms with E-state index in [4.69, 9.17) is 5.26 Å². The molecule has 0 spiro atoms. The molecule has 3 aromatic rings. The molecule has 0 aliphatic carbocycles. The standard InChI is InChI=1S/C17H13N5OS/c18-10-13-9-12(4-7-19-13)17(23)21-8-5-16-22-15(11-24-16)14-3-1-2-6-20-14/h1-4,6-7,9,11H,5,8H2,(H,21,23). The zero-order valence-corrected chi connectivity index (χ0v) is 13.5. The molecule has 0 saturated heterocycles. The van der Waals surface area contributed by atoms with E-state index in [1.807, 2.05) is 29.6 Å². The van der Waals surface area contributed by atoms with Crippen LogP contribution in [0.2, 0.25) is 0 Å². The second kappa shape index (κ2) is 7.44. The molecule has 7 heteroatoms. The van der Waals surface area contributed by atoms with Crippen molar-refractivity contribution in [1.29, 1.82) is 5.26 Å². The Kier molecular flexibility index (Phi) is 4.89. The summed E-state index contributed by atoms with van der Waals surface area (Å²) in [6, 6.07) is 10.7. The predicted octanol–water partition coefficient (Wildman–Crippen LogP) is 2.44. The Morgan fingerprint density at radius 3 is 2.92 bits per heavy atom. The first kappa shape index (κ1) is 15.8. The Hall–Kier alpha value is -3.11. The molecule has 0 aliphatic rings. The van der Waals surface area contributed by atoms with E-state index in [9.17, 15) is 4.79 Å². The summed E-state index contributed by atoms with van der Waals surface area (Å²) in [5, 5.41) is 14.5. The van der Waals surface area contributed by atoms with Crippen molar-refractivity contribution in [3.05, 3.63) is 64.4 Å². The second-order valence-corrected chi connectivity index (χ2v) is 5.83. The zero-order valence-electron chi connectivity index (χ0n) is 12.6. The molecule has 3 heterocycles. The van der Waals surface area contributed by atoms with Gasteiger partial charge in [-0.2, -0.15) is 5.26 Å². The van der Waals surface area contributed by atoms with Crippen LogP contribution in [0.25, 0.3) is 11.4 Å². The van der Waals surface area contributed by atoms with Crippen LogP contribution in [0.5, 0.6) is 0 Å². The molecule has 0 fully saturated rings. The molecule has 0 unspecified atom stereocenters. The van der Waals surface area contributed by atoms with Crippen LogP contribution >= 0.6 is 11.3 Å². The number of nitriles is 1. The lowest BCUT2D eigenvalue weighted by molar-refractivity contribution is 0.0954. The number of carbonyl (C=O) groups excluding carboxylic acids is 1. The lowest BCUT2D eigenvalue weighted by Crippen LogP contribution is -2.25. The van der Waals surface area contributed by atoms with Crippen LogP contribution in [0.1, 0.15) is 21.1 Å². The van der Waals surface area contributed by atoms with Gasteiger partial charge in [0.15, 0.2) is 0 Å². The van der Waals surface area contributed by atoms with Crippen molar-refractivity contribution in [2.45, 2.75) is 6.42 Å². The van der Waals surface area contributed by atoms with Gasteiger partial charge >= 0.3 is 0 Å². The van der Waals surface area contributed by atoms with Gasteiger partial charge in [0.25, 0.3) is 5.91 Å². The van der Waals surface area contributed by atoms with Gasteiger partial charge in [0.05, 0.1) is 16.4 Å². The molecule has 1 amide bonds. The first-order chi connectivity index (χ1) is 11.8. The highest BCUT2D eigenvalue weighted by Gasteiger charge is 2.08. The Morgan fingerprint density at radius 1 is 1.21 bits per heavy atom. The SMILES string of the molecule is N#Cc1cc(C(=O)NCCc2nc(-c3ccccn3)cs2)ccn1. The molecular formula is C17H13N5OS. The van der Waals surface area contributed by atoms with Crippen molar-refractivity contribution >= 4 is 17.2 Å². The van der Waals surface area contributed by atoms with Gasteiger partial charge in [0.2, 0.25) is 0 Å². The van der Waals surface area contributed by atoms with Crippen LogP contribution in [0.15, 0.2) is 48.1 Å². The maximum atomic E-state index is 12.1. The molecule has 0 saturated carbocycles. The molecule has 24 heavy (non-hydrogen) atoms. The van der Waals surface area contributed by atoms with Crippen molar-refractivity contribution in [3.8, 4) is 17.5 Å². The number of nitrogens with one attached hydrogen (secondary N) is 1. The van der Waals surface area contributed by atoms with E-state index >= 15 is 0 Å². The summed E-state index contributed by atoms with van der Waals surface area (Å²) < 4.78 is 0. The van der Waals surface area contributed by atoms with Crippen molar-refractivity contribution in [2.75, 3.05) is 6.54 Å². The number of rotatable bonds is 5. The maximum absolute atomic E-state index is 12.1. The number of hydrogen-bond donors (Lipinski definition) is 1. The highest BCUT2D eigenvalue weighted by atomic mass is 32.1. The monoisotopic (exact) mass is 335 g/mol. The van der Waals surface area contributed by atoms with Gasteiger partial charge in [-0.05, 0) is 24.3 Å². The second-order valence-electron chi connectivity index (χ2n) is 4.89. The highest BCUT2D eigenvalue weighted by Crippen LogP contribution is 2.19. The van der Waals surface area contributed by atoms with E-state index in [0.29, 0.717) is 18.5 Å². The summed E-state index contributed by atoms with van der Waals surface area (Å²) in [6.45, 7) is 0.470. The van der Waals surface area contributed by atoms with E-state index in [1.54, 1.807) is 23.6 Å². The fourth-order valence-electron chi connectivity index (χ4n) is 2.08. The van der Waals surface area contributed by atoms with Gasteiger partial charge in [-0.15, -0.1) is 11.3 Å². The van der Waals surface area contributed by atoms with Crippen LogP contribution in [0.3, 0.4) is 0 Å². The van der Waals surface area contributed by atoms with Crippen LogP contribution < -0.4 is 5.32 Å². The smallest absolute Gasteiger partial charge is 0.251 e. The fraction of sp³-hybridized carbons (Fsp3) is 0.118. The van der Waals surface area contributed by atoms with Gasteiger partial charge in [-0.1, -0.05) is 6.07 Å². The van der Waals surface area contributed by atoms with Crippen LogP contribution in [-0.2, 0) is 6.42 Å². The number of nitrogens with zero attached hydrogens (tertiary/aromatic N) is 4. The van der Waals surface area contributed by atoms with Crippen molar-refractivity contribution in [2.24, 2.45) is 0 Å². The van der Waals surface area contributed by atoms with Crippen molar-refractivity contribution < 1.29 is 4.79 Å². The summed E-state index contributed by atoms with van der Waals surface area (Å²) in [6.07, 6.45) is 3.83. The number of thiazole rings is 1. The molecule has 6 nitrogen and oxygen atoms in total. The minimum atomic E-state index is -0.226. The van der Waals surface area contributed by atoms with Gasteiger partial charge in [-0.3, -0.25) is 9.78 Å². The molecule has 118 valence electrons. The van der Waals surface area contributed by atoms with Gasteiger partial charge in [0, 0.05) is 36.3 Å². The Morgan fingerprint density at radius 2 is 2.12 bits per heavy atom. The van der Waals surface area contributed by atoms with Crippen LogP contribution in [0, 0.1) is 11.3 Å². The number of carbonyl (C=O) groups is 1. The zero-order chi connectivity index (χ0) is 16.8. The average molecular weight is 335 g/mol. The van der Waals surface area contributed by atoms with E-state index in [0.717, 1.165) is 16.4 Å². The summed E-state index contributed by atoms with van der Waals surface area (Å²) in [7, 11) is 0. The normalized spacial score (nSPS) is 10.1. The minimum Gasteiger partial charge on any atom is -0.352 e. The first-order valence-corrected chi connectivity index (χ1v) is 8.14. The summed E-state index contributed by atoms with van der Waals surface area (Å²) >= 11 is 1.54. The maximum Gasteiger partial charge on any atom is 0.251 e. The molecule has 3 aromatic heterocycles. The third-order valence-electron chi connectivity index (χ3n) is 3.24. The predicted molar refractivity (Wildman–Crippen MR) is 90.3 cm³/mol. The average Bonchev–Trinajstić information content (AvgIpc) is 3.11. The fourth-order valence-corrected chi connectivity index (χ4v) is 2.87. The van der Waals surface area contributed by atoms with Crippen LogP contribution in [0.4, 0.5) is 0 Å². The third kappa shape index (κ3) is 3.80. The number of amides is 1. The van der Waals surface area contributed by atoms with E-state index in [2.05, 4.69) is 20.3 Å². The number of pyridine rings is 2.